The van der Waals surface area contributed by atoms with Gasteiger partial charge in [0, 0.05) is 22.4 Å². The molecule has 1 aliphatic carbocycles. The Labute approximate surface area is 214 Å². The number of primary amides is 1. The molecule has 4 rings (SSSR count). The molecule has 0 fully saturated rings. The molecule has 0 spiro atoms. The number of nitrogen functional groups attached to an aromatic ring is 3. The van der Waals surface area contributed by atoms with Gasteiger partial charge in [-0.3, -0.25) is 9.59 Å². The van der Waals surface area contributed by atoms with Crippen molar-refractivity contribution in [3.05, 3.63) is 107 Å². The Kier molecular flexibility index (Phi) is 8.03. The van der Waals surface area contributed by atoms with E-state index in [1.54, 1.807) is 66.8 Å². The van der Waals surface area contributed by atoms with Gasteiger partial charge in [-0.05, 0) is 54.4 Å². The van der Waals surface area contributed by atoms with E-state index in [1.807, 2.05) is 25.1 Å². The summed E-state index contributed by atoms with van der Waals surface area (Å²) < 4.78 is 0. The molecule has 186 valence electrons. The summed E-state index contributed by atoms with van der Waals surface area (Å²) in [6.45, 7) is 1.94. The zero-order valence-electron chi connectivity index (χ0n) is 19.7. The molecule has 2 amide bonds. The summed E-state index contributed by atoms with van der Waals surface area (Å²) in [5.41, 5.74) is 32.0. The predicted molar refractivity (Wildman–Crippen MR) is 147 cm³/mol. The third-order valence-corrected chi connectivity index (χ3v) is 6.08. The third-order valence-electron chi connectivity index (χ3n) is 5.84. The standard InChI is InChI=1S/C14H17N3O.C13H12ClN3O/c1-9-5-6-10(11(15)8-9)14(13(17)18)7-3-2-4-12(14)16;14-8-5-6-12(11(16)7-8)17-13(18)9-3-1-2-4-10(9)15/h2-8,12H,15-16H2,1H3,(H2,17,18);1-7H,15-16H2,(H,17,18). The summed E-state index contributed by atoms with van der Waals surface area (Å²) in [6, 6.07) is 16.7. The number of aryl methyl sites for hydroxylation is 1. The number of nitrogens with one attached hydrogen (secondary N) is 1. The van der Waals surface area contributed by atoms with E-state index in [1.165, 1.54) is 0 Å². The molecule has 0 bridgehead atoms. The molecule has 8 nitrogen and oxygen atoms in total. The van der Waals surface area contributed by atoms with Gasteiger partial charge in [-0.2, -0.15) is 0 Å². The SMILES string of the molecule is Cc1ccc(C2(C(N)=O)C=CC=CC2N)c(N)c1.Nc1cc(Cl)ccc1NC(=O)c1ccccc1N. The fourth-order valence-corrected chi connectivity index (χ4v) is 4.08. The van der Waals surface area contributed by atoms with Crippen LogP contribution in [0.25, 0.3) is 0 Å². The molecule has 0 radical (unpaired) electrons. The molecule has 9 heteroatoms. The molecule has 0 aromatic heterocycles. The minimum atomic E-state index is -1.06. The maximum absolute atomic E-state index is 12.0. The highest BCUT2D eigenvalue weighted by Gasteiger charge is 2.43. The highest BCUT2D eigenvalue weighted by atomic mass is 35.5. The maximum atomic E-state index is 12.0. The molecule has 0 saturated heterocycles. The Bertz CT molecular complexity index is 1350. The first-order valence-corrected chi connectivity index (χ1v) is 11.4. The van der Waals surface area contributed by atoms with Gasteiger partial charge in [0.2, 0.25) is 5.91 Å². The van der Waals surface area contributed by atoms with Gasteiger partial charge in [0.15, 0.2) is 0 Å². The minimum absolute atomic E-state index is 0.304. The van der Waals surface area contributed by atoms with E-state index in [2.05, 4.69) is 5.32 Å². The van der Waals surface area contributed by atoms with Gasteiger partial charge in [0.25, 0.3) is 5.91 Å². The number of benzene rings is 3. The van der Waals surface area contributed by atoms with Crippen molar-refractivity contribution in [1.29, 1.82) is 0 Å². The zero-order chi connectivity index (χ0) is 26.5. The lowest BCUT2D eigenvalue weighted by Crippen LogP contribution is -2.53. The topological polar surface area (TPSA) is 176 Å². The number of carbonyl (C=O) groups is 2. The first kappa shape index (κ1) is 26.3. The second-order valence-corrected chi connectivity index (χ2v) is 8.80. The summed E-state index contributed by atoms with van der Waals surface area (Å²) in [5, 5.41) is 3.21. The van der Waals surface area contributed by atoms with E-state index in [0.717, 1.165) is 5.56 Å². The van der Waals surface area contributed by atoms with Crippen LogP contribution in [0.5, 0.6) is 0 Å². The van der Waals surface area contributed by atoms with E-state index in [0.29, 0.717) is 38.9 Å². The Morgan fingerprint density at radius 3 is 2.25 bits per heavy atom. The number of halogens is 1. The Morgan fingerprint density at radius 1 is 0.917 bits per heavy atom. The van der Waals surface area contributed by atoms with Gasteiger partial charge in [-0.25, -0.2) is 0 Å². The van der Waals surface area contributed by atoms with Crippen molar-refractivity contribution in [2.45, 2.75) is 18.4 Å². The first-order valence-electron chi connectivity index (χ1n) is 11.0. The number of amides is 2. The van der Waals surface area contributed by atoms with Gasteiger partial charge in [-0.1, -0.05) is 60.2 Å². The van der Waals surface area contributed by atoms with Crippen LogP contribution in [0.3, 0.4) is 0 Å². The summed E-state index contributed by atoms with van der Waals surface area (Å²) >= 11 is 5.78. The molecule has 11 N–H and O–H groups in total. The third kappa shape index (κ3) is 5.51. The number of para-hydroxylation sites is 1. The Balaban J connectivity index is 0.000000201. The average molecular weight is 505 g/mol. The van der Waals surface area contributed by atoms with E-state index in [-0.39, 0.29) is 5.91 Å². The van der Waals surface area contributed by atoms with Crippen LogP contribution in [0.1, 0.15) is 21.5 Å². The molecule has 0 saturated carbocycles. The number of anilines is 4. The molecule has 2 unspecified atom stereocenters. The van der Waals surface area contributed by atoms with Gasteiger partial charge >= 0.3 is 0 Å². The lowest BCUT2D eigenvalue weighted by Gasteiger charge is -2.34. The van der Waals surface area contributed by atoms with Crippen LogP contribution in [-0.4, -0.2) is 17.9 Å². The summed E-state index contributed by atoms with van der Waals surface area (Å²) in [4.78, 5) is 23.9. The van der Waals surface area contributed by atoms with Gasteiger partial charge in [-0.15, -0.1) is 0 Å². The van der Waals surface area contributed by atoms with E-state index in [4.69, 9.17) is 40.3 Å². The Morgan fingerprint density at radius 2 is 1.64 bits per heavy atom. The fourth-order valence-electron chi connectivity index (χ4n) is 3.90. The largest absolute Gasteiger partial charge is 0.398 e. The highest BCUT2D eigenvalue weighted by molar-refractivity contribution is 6.31. The van der Waals surface area contributed by atoms with Gasteiger partial charge in [0.1, 0.15) is 5.41 Å². The minimum Gasteiger partial charge on any atom is -0.398 e. The zero-order valence-corrected chi connectivity index (χ0v) is 20.5. The summed E-state index contributed by atoms with van der Waals surface area (Å²) in [7, 11) is 0. The first-order chi connectivity index (χ1) is 17.1. The maximum Gasteiger partial charge on any atom is 0.257 e. The normalized spacial score (nSPS) is 18.1. The van der Waals surface area contributed by atoms with Gasteiger partial charge in [0.05, 0.1) is 16.9 Å². The van der Waals surface area contributed by atoms with Crippen molar-refractivity contribution in [3.63, 3.8) is 0 Å². The number of nitrogens with two attached hydrogens (primary N) is 5. The molecular weight excluding hydrogens is 476 g/mol. The highest BCUT2D eigenvalue weighted by Crippen LogP contribution is 2.35. The monoisotopic (exact) mass is 504 g/mol. The molecule has 0 aliphatic heterocycles. The molecule has 2 atom stereocenters. The van der Waals surface area contributed by atoms with E-state index < -0.39 is 17.4 Å². The number of hydrogen-bond acceptors (Lipinski definition) is 6. The predicted octanol–water partition coefficient (Wildman–Crippen LogP) is 3.51. The second-order valence-electron chi connectivity index (χ2n) is 8.37. The molecule has 36 heavy (non-hydrogen) atoms. The van der Waals surface area contributed by atoms with Crippen molar-refractivity contribution < 1.29 is 9.59 Å². The van der Waals surface area contributed by atoms with Crippen molar-refractivity contribution in [2.24, 2.45) is 11.5 Å². The number of allylic oxidation sites excluding steroid dienone is 2. The van der Waals surface area contributed by atoms with Crippen molar-refractivity contribution in [2.75, 3.05) is 22.5 Å². The van der Waals surface area contributed by atoms with Crippen LogP contribution in [0.15, 0.2) is 85.0 Å². The lowest BCUT2D eigenvalue weighted by molar-refractivity contribution is -0.122. The molecule has 0 heterocycles. The van der Waals surface area contributed by atoms with Crippen LogP contribution in [-0.2, 0) is 10.2 Å². The molecular formula is C27H29ClN6O2. The average Bonchev–Trinajstić information content (AvgIpc) is 2.82. The van der Waals surface area contributed by atoms with Gasteiger partial charge < -0.3 is 34.0 Å². The number of carbonyl (C=O) groups excluding carboxylic acids is 2. The molecule has 3 aromatic carbocycles. The van der Waals surface area contributed by atoms with E-state index >= 15 is 0 Å². The molecule has 1 aliphatic rings. The van der Waals surface area contributed by atoms with Crippen molar-refractivity contribution in [3.8, 4) is 0 Å². The Hall–Kier alpha value is -4.27. The van der Waals surface area contributed by atoms with Crippen LogP contribution >= 0.6 is 11.6 Å². The van der Waals surface area contributed by atoms with Crippen LogP contribution in [0.2, 0.25) is 5.02 Å². The summed E-state index contributed by atoms with van der Waals surface area (Å²) in [5.74, 6) is -0.798. The van der Waals surface area contributed by atoms with Crippen LogP contribution in [0.4, 0.5) is 22.7 Å². The molecule has 3 aromatic rings. The number of hydrogen-bond donors (Lipinski definition) is 6. The quantitative estimate of drug-likeness (QED) is 0.296. The van der Waals surface area contributed by atoms with Crippen LogP contribution < -0.4 is 34.0 Å². The van der Waals surface area contributed by atoms with Crippen molar-refractivity contribution in [1.82, 2.24) is 0 Å². The second kappa shape index (κ2) is 11.0. The smallest absolute Gasteiger partial charge is 0.257 e. The van der Waals surface area contributed by atoms with Crippen LogP contribution in [0, 0.1) is 6.92 Å². The van der Waals surface area contributed by atoms with E-state index in [9.17, 15) is 9.59 Å². The number of rotatable bonds is 4. The van der Waals surface area contributed by atoms with Crippen molar-refractivity contribution >= 4 is 46.2 Å². The summed E-state index contributed by atoms with van der Waals surface area (Å²) in [6.07, 6.45) is 7.05. The lowest BCUT2D eigenvalue weighted by atomic mass is 9.71. The fraction of sp³-hybridized carbons (Fsp3) is 0.111.